The number of nitrogens with one attached hydrogen (secondary N) is 1. The van der Waals surface area contributed by atoms with Crippen LogP contribution < -0.4 is 0 Å². The molecule has 0 saturated heterocycles. The Labute approximate surface area is 106 Å². The lowest BCUT2D eigenvalue weighted by molar-refractivity contribution is 0.0999. The molecule has 2 nitrogen and oxygen atoms in total. The van der Waals surface area contributed by atoms with E-state index in [1.807, 2.05) is 0 Å². The van der Waals surface area contributed by atoms with Crippen molar-refractivity contribution < 1.29 is 8.78 Å². The molecule has 1 aromatic carbocycles. The van der Waals surface area contributed by atoms with Crippen molar-refractivity contribution in [3.63, 3.8) is 0 Å². The topological polar surface area (TPSA) is 28.7 Å². The number of benzene rings is 1. The largest absolute Gasteiger partial charge is 0.341 e. The Morgan fingerprint density at radius 2 is 1.94 bits per heavy atom. The Morgan fingerprint density at radius 3 is 2.47 bits per heavy atom. The van der Waals surface area contributed by atoms with Gasteiger partial charge in [0.15, 0.2) is 0 Å². The average molecular weight is 275 g/mol. The fraction of sp³-hybridized carbons (Fsp3) is 0.182. The normalized spacial score (nSPS) is 11.8. The summed E-state index contributed by atoms with van der Waals surface area (Å²) in [5, 5.41) is 3.55. The SMILES string of the molecule is Cc1cc(C(F)(F)Sc2ccc(Cl)cc2)n[nH]1. The second-order valence-corrected chi connectivity index (χ2v) is 5.13. The molecule has 0 saturated carbocycles. The minimum atomic E-state index is -3.06. The summed E-state index contributed by atoms with van der Waals surface area (Å²) < 4.78 is 27.6. The van der Waals surface area contributed by atoms with Crippen LogP contribution in [0.15, 0.2) is 35.2 Å². The van der Waals surface area contributed by atoms with Gasteiger partial charge in [0, 0.05) is 15.6 Å². The van der Waals surface area contributed by atoms with E-state index in [1.165, 1.54) is 6.07 Å². The van der Waals surface area contributed by atoms with Gasteiger partial charge < -0.3 is 0 Å². The monoisotopic (exact) mass is 274 g/mol. The van der Waals surface area contributed by atoms with E-state index in [-0.39, 0.29) is 5.69 Å². The molecule has 0 unspecified atom stereocenters. The van der Waals surface area contributed by atoms with E-state index in [0.717, 1.165) is 0 Å². The molecule has 0 atom stereocenters. The van der Waals surface area contributed by atoms with Gasteiger partial charge >= 0.3 is 5.25 Å². The second-order valence-electron chi connectivity index (χ2n) is 3.51. The summed E-state index contributed by atoms with van der Waals surface area (Å²) in [7, 11) is 0. The first-order chi connectivity index (χ1) is 7.97. The van der Waals surface area contributed by atoms with Crippen molar-refractivity contribution in [2.75, 3.05) is 0 Å². The van der Waals surface area contributed by atoms with Crippen LogP contribution in [0, 0.1) is 6.92 Å². The molecule has 0 aliphatic rings. The van der Waals surface area contributed by atoms with Crippen LogP contribution in [0.1, 0.15) is 11.4 Å². The van der Waals surface area contributed by atoms with E-state index in [4.69, 9.17) is 11.6 Å². The number of alkyl halides is 2. The van der Waals surface area contributed by atoms with Crippen LogP contribution in [0.4, 0.5) is 8.78 Å². The standard InChI is InChI=1S/C11H9ClF2N2S/c1-7-6-10(16-15-7)11(13,14)17-9-4-2-8(12)3-5-9/h2-6H,1H3,(H,15,16). The molecule has 0 aliphatic carbocycles. The highest BCUT2D eigenvalue weighted by atomic mass is 35.5. The number of thioether (sulfide) groups is 1. The van der Waals surface area contributed by atoms with Crippen molar-refractivity contribution in [3.05, 3.63) is 46.7 Å². The summed E-state index contributed by atoms with van der Waals surface area (Å²) in [4.78, 5) is 0.444. The van der Waals surface area contributed by atoms with Crippen LogP contribution >= 0.6 is 23.4 Å². The van der Waals surface area contributed by atoms with E-state index in [9.17, 15) is 8.78 Å². The molecule has 90 valence electrons. The van der Waals surface area contributed by atoms with Gasteiger partial charge in [-0.25, -0.2) is 0 Å². The van der Waals surface area contributed by atoms with Crippen molar-refractivity contribution >= 4 is 23.4 Å². The molecule has 2 rings (SSSR count). The van der Waals surface area contributed by atoms with Gasteiger partial charge in [0.2, 0.25) is 0 Å². The number of hydrogen-bond acceptors (Lipinski definition) is 2. The number of H-pyrrole nitrogens is 1. The number of aromatic nitrogens is 2. The fourth-order valence-electron chi connectivity index (χ4n) is 1.27. The summed E-state index contributed by atoms with van der Waals surface area (Å²) in [6, 6.07) is 7.61. The number of halogens is 3. The van der Waals surface area contributed by atoms with Crippen LogP contribution in [-0.2, 0) is 5.25 Å². The van der Waals surface area contributed by atoms with Gasteiger partial charge in [-0.1, -0.05) is 11.6 Å². The zero-order valence-corrected chi connectivity index (χ0v) is 10.4. The highest BCUT2D eigenvalue weighted by molar-refractivity contribution is 8.00. The predicted molar refractivity (Wildman–Crippen MR) is 64.5 cm³/mol. The van der Waals surface area contributed by atoms with E-state index in [0.29, 0.717) is 27.4 Å². The molecule has 1 heterocycles. The quantitative estimate of drug-likeness (QED) is 0.849. The lowest BCUT2D eigenvalue weighted by Crippen LogP contribution is -2.08. The van der Waals surface area contributed by atoms with Gasteiger partial charge in [-0.2, -0.15) is 13.9 Å². The fourth-order valence-corrected chi connectivity index (χ4v) is 2.17. The zero-order valence-electron chi connectivity index (χ0n) is 8.88. The van der Waals surface area contributed by atoms with Crippen molar-refractivity contribution in [2.24, 2.45) is 0 Å². The molecule has 17 heavy (non-hydrogen) atoms. The number of nitrogens with zero attached hydrogens (tertiary/aromatic N) is 1. The molecule has 0 bridgehead atoms. The number of rotatable bonds is 3. The Morgan fingerprint density at radius 1 is 1.29 bits per heavy atom. The van der Waals surface area contributed by atoms with Crippen molar-refractivity contribution in [1.29, 1.82) is 0 Å². The smallest absolute Gasteiger partial charge is 0.282 e. The summed E-state index contributed by atoms with van der Waals surface area (Å²) >= 11 is 6.14. The molecule has 0 radical (unpaired) electrons. The van der Waals surface area contributed by atoms with Crippen molar-refractivity contribution in [3.8, 4) is 0 Å². The Bertz CT molecular complexity index is 510. The molecule has 2 aromatic rings. The lowest BCUT2D eigenvalue weighted by atomic mass is 10.4. The third-order valence-electron chi connectivity index (χ3n) is 2.06. The summed E-state index contributed by atoms with van der Waals surface area (Å²) in [5.74, 6) is 0. The average Bonchev–Trinajstić information content (AvgIpc) is 2.69. The van der Waals surface area contributed by atoms with E-state index in [1.54, 1.807) is 31.2 Å². The molecule has 6 heteroatoms. The molecular formula is C11H9ClF2N2S. The Kier molecular flexibility index (Phi) is 3.40. The number of aromatic amines is 1. The molecular weight excluding hydrogens is 266 g/mol. The van der Waals surface area contributed by atoms with Crippen LogP contribution in [0.2, 0.25) is 5.02 Å². The van der Waals surface area contributed by atoms with E-state index < -0.39 is 5.25 Å². The molecule has 0 fully saturated rings. The van der Waals surface area contributed by atoms with Crippen LogP contribution in [0.5, 0.6) is 0 Å². The van der Waals surface area contributed by atoms with Crippen LogP contribution in [0.25, 0.3) is 0 Å². The molecule has 0 spiro atoms. The minimum Gasteiger partial charge on any atom is -0.282 e. The Hall–Kier alpha value is -1.07. The van der Waals surface area contributed by atoms with Crippen molar-refractivity contribution in [1.82, 2.24) is 10.2 Å². The van der Waals surface area contributed by atoms with E-state index >= 15 is 0 Å². The highest BCUT2D eigenvalue weighted by Crippen LogP contribution is 2.43. The van der Waals surface area contributed by atoms with Crippen LogP contribution in [-0.4, -0.2) is 10.2 Å². The lowest BCUT2D eigenvalue weighted by Gasteiger charge is -2.12. The summed E-state index contributed by atoms with van der Waals surface area (Å²) in [6.07, 6.45) is 0. The third-order valence-corrected chi connectivity index (χ3v) is 3.29. The third kappa shape index (κ3) is 2.98. The zero-order chi connectivity index (χ0) is 12.5. The maximum atomic E-state index is 13.8. The van der Waals surface area contributed by atoms with Gasteiger partial charge in [-0.05, 0) is 49.0 Å². The van der Waals surface area contributed by atoms with Gasteiger partial charge in [0.05, 0.1) is 0 Å². The minimum absolute atomic E-state index is 0.269. The maximum Gasteiger partial charge on any atom is 0.341 e. The van der Waals surface area contributed by atoms with E-state index in [2.05, 4.69) is 10.2 Å². The summed E-state index contributed by atoms with van der Waals surface area (Å²) in [6.45, 7) is 1.68. The number of hydrogen-bond donors (Lipinski definition) is 1. The number of aryl methyl sites for hydroxylation is 1. The van der Waals surface area contributed by atoms with Gasteiger partial charge in [-0.15, -0.1) is 0 Å². The summed E-state index contributed by atoms with van der Waals surface area (Å²) in [5.41, 5.74) is 0.339. The van der Waals surface area contributed by atoms with Gasteiger partial charge in [0.25, 0.3) is 0 Å². The Balaban J connectivity index is 2.19. The first-order valence-corrected chi connectivity index (χ1v) is 6.02. The van der Waals surface area contributed by atoms with Gasteiger partial charge in [-0.3, -0.25) is 5.10 Å². The molecule has 0 amide bonds. The first kappa shape index (κ1) is 12.4. The molecule has 1 aromatic heterocycles. The van der Waals surface area contributed by atoms with Crippen LogP contribution in [0.3, 0.4) is 0 Å². The highest BCUT2D eigenvalue weighted by Gasteiger charge is 2.35. The first-order valence-electron chi connectivity index (χ1n) is 4.82. The van der Waals surface area contributed by atoms with Gasteiger partial charge in [0.1, 0.15) is 5.69 Å². The molecule has 1 N–H and O–H groups in total. The maximum absolute atomic E-state index is 13.8. The predicted octanol–water partition coefficient (Wildman–Crippen LogP) is 4.21. The molecule has 0 aliphatic heterocycles. The van der Waals surface area contributed by atoms with Crippen molar-refractivity contribution in [2.45, 2.75) is 17.1 Å². The second kappa shape index (κ2) is 4.66.